The topological polar surface area (TPSA) is 25.8 Å². The normalized spacial score (nSPS) is 38.8. The summed E-state index contributed by atoms with van der Waals surface area (Å²) in [6.45, 7) is 0. The number of benzene rings is 1. The molecule has 2 nitrogen and oxygen atoms in total. The lowest BCUT2D eigenvalue weighted by atomic mass is 9.43. The molecule has 0 aliphatic heterocycles. The van der Waals surface area contributed by atoms with Crippen LogP contribution in [0.3, 0.4) is 0 Å². The number of hydrogen-bond acceptors (Lipinski definition) is 2. The van der Waals surface area contributed by atoms with Gasteiger partial charge in [0.25, 0.3) is 0 Å². The van der Waals surface area contributed by atoms with E-state index in [0.717, 1.165) is 23.7 Å². The van der Waals surface area contributed by atoms with E-state index in [9.17, 15) is 0 Å². The van der Waals surface area contributed by atoms with Crippen molar-refractivity contribution < 1.29 is 0 Å². The van der Waals surface area contributed by atoms with Crippen molar-refractivity contribution in [3.05, 3.63) is 47.0 Å². The van der Waals surface area contributed by atoms with Crippen molar-refractivity contribution in [2.75, 3.05) is 0 Å². The summed E-state index contributed by atoms with van der Waals surface area (Å²) in [4.78, 5) is 9.12. The van der Waals surface area contributed by atoms with Gasteiger partial charge >= 0.3 is 0 Å². The van der Waals surface area contributed by atoms with Crippen molar-refractivity contribution in [1.82, 2.24) is 9.97 Å². The minimum atomic E-state index is 0.117. The third kappa shape index (κ3) is 1.43. The van der Waals surface area contributed by atoms with E-state index in [4.69, 9.17) is 16.6 Å². The summed E-state index contributed by atoms with van der Waals surface area (Å²) in [6, 6.07) is 8.96. The fraction of sp³-hybridized carbons (Fsp3) is 0.500. The molecule has 0 saturated heterocycles. The van der Waals surface area contributed by atoms with E-state index in [-0.39, 0.29) is 5.41 Å². The van der Waals surface area contributed by atoms with Gasteiger partial charge in [0.1, 0.15) is 0 Å². The molecular formula is C20H19ClN2. The van der Waals surface area contributed by atoms with E-state index in [2.05, 4.69) is 29.2 Å². The van der Waals surface area contributed by atoms with Crippen molar-refractivity contribution in [2.24, 2.45) is 23.7 Å². The first-order valence-electron chi connectivity index (χ1n) is 8.89. The van der Waals surface area contributed by atoms with Gasteiger partial charge in [-0.15, -0.1) is 0 Å². The lowest BCUT2D eigenvalue weighted by Crippen LogP contribution is -2.55. The summed E-state index contributed by atoms with van der Waals surface area (Å²) in [5.74, 6) is 3.40. The monoisotopic (exact) mass is 322 g/mol. The van der Waals surface area contributed by atoms with Crippen LogP contribution in [0.15, 0.2) is 30.5 Å². The lowest BCUT2D eigenvalue weighted by Gasteiger charge is -2.60. The average Bonchev–Trinajstić information content (AvgIpc) is 2.83. The van der Waals surface area contributed by atoms with Gasteiger partial charge in [-0.25, -0.2) is 9.97 Å². The third-order valence-corrected chi connectivity index (χ3v) is 7.42. The van der Waals surface area contributed by atoms with Gasteiger partial charge in [0, 0.05) is 17.2 Å². The van der Waals surface area contributed by atoms with E-state index in [1.54, 1.807) is 0 Å². The van der Waals surface area contributed by atoms with Gasteiger partial charge in [-0.3, -0.25) is 0 Å². The first-order chi connectivity index (χ1) is 11.3. The molecule has 5 aliphatic carbocycles. The molecular weight excluding hydrogens is 304 g/mol. The van der Waals surface area contributed by atoms with Crippen molar-refractivity contribution in [3.8, 4) is 11.1 Å². The molecule has 23 heavy (non-hydrogen) atoms. The second-order valence-electron chi connectivity index (χ2n) is 8.12. The molecule has 0 unspecified atom stereocenters. The molecule has 1 heterocycles. The van der Waals surface area contributed by atoms with Crippen LogP contribution in [0.4, 0.5) is 0 Å². The smallest absolute Gasteiger partial charge is 0.222 e. The Labute approximate surface area is 141 Å². The van der Waals surface area contributed by atoms with Gasteiger partial charge in [0.15, 0.2) is 0 Å². The highest BCUT2D eigenvalue weighted by Crippen LogP contribution is 2.68. The quantitative estimate of drug-likeness (QED) is 0.648. The average molecular weight is 323 g/mol. The Morgan fingerprint density at radius 3 is 2.35 bits per heavy atom. The molecule has 0 amide bonds. The van der Waals surface area contributed by atoms with Crippen LogP contribution in [0.2, 0.25) is 5.28 Å². The molecule has 7 rings (SSSR count). The van der Waals surface area contributed by atoms with Crippen LogP contribution >= 0.6 is 11.6 Å². The zero-order valence-corrected chi connectivity index (χ0v) is 13.8. The molecule has 4 bridgehead atoms. The summed E-state index contributed by atoms with van der Waals surface area (Å²) >= 11 is 6.24. The Hall–Kier alpha value is -1.41. The van der Waals surface area contributed by atoms with Crippen LogP contribution < -0.4 is 0 Å². The summed E-state index contributed by atoms with van der Waals surface area (Å²) in [5, 5.41) is 0.407. The third-order valence-electron chi connectivity index (χ3n) is 7.24. The van der Waals surface area contributed by atoms with Crippen LogP contribution in [0.1, 0.15) is 43.4 Å². The standard InChI is InChI=1S/C20H19ClN2/c21-19-22-10-16-15-3-1-2-4-17(15)20(18(16)23-19)13-6-11-5-12(8-13)9-14(20)7-11/h1-4,10-14H,5-9H2. The molecule has 0 atom stereocenters. The summed E-state index contributed by atoms with van der Waals surface area (Å²) in [5.41, 5.74) is 5.46. The molecule has 4 saturated carbocycles. The largest absolute Gasteiger partial charge is 0.226 e. The fourth-order valence-corrected chi connectivity index (χ4v) is 6.97. The van der Waals surface area contributed by atoms with Crippen LogP contribution in [0, 0.1) is 23.7 Å². The molecule has 2 aromatic rings. The predicted molar refractivity (Wildman–Crippen MR) is 90.3 cm³/mol. The molecule has 1 spiro atoms. The number of halogens is 1. The van der Waals surface area contributed by atoms with Crippen molar-refractivity contribution in [1.29, 1.82) is 0 Å². The maximum atomic E-state index is 6.24. The molecule has 0 radical (unpaired) electrons. The highest BCUT2D eigenvalue weighted by atomic mass is 35.5. The Bertz CT molecular complexity index is 800. The van der Waals surface area contributed by atoms with E-state index in [1.165, 1.54) is 54.5 Å². The van der Waals surface area contributed by atoms with E-state index >= 15 is 0 Å². The number of aromatic nitrogens is 2. The van der Waals surface area contributed by atoms with Crippen molar-refractivity contribution in [2.45, 2.75) is 37.5 Å². The Morgan fingerprint density at radius 2 is 1.61 bits per heavy atom. The van der Waals surface area contributed by atoms with E-state index in [0.29, 0.717) is 5.28 Å². The zero-order valence-electron chi connectivity index (χ0n) is 13.0. The fourth-order valence-electron chi connectivity index (χ4n) is 6.83. The summed E-state index contributed by atoms with van der Waals surface area (Å²) < 4.78 is 0. The minimum absolute atomic E-state index is 0.117. The van der Waals surface area contributed by atoms with Gasteiger partial charge in [-0.05, 0) is 78.5 Å². The second kappa shape index (κ2) is 4.16. The van der Waals surface area contributed by atoms with Gasteiger partial charge in [0.05, 0.1) is 5.69 Å². The Kier molecular flexibility index (Phi) is 2.34. The molecule has 1 aromatic heterocycles. The second-order valence-corrected chi connectivity index (χ2v) is 8.46. The van der Waals surface area contributed by atoms with E-state index < -0.39 is 0 Å². The molecule has 5 aliphatic rings. The molecule has 3 heteroatoms. The maximum absolute atomic E-state index is 6.24. The number of nitrogens with zero attached hydrogens (tertiary/aromatic N) is 2. The van der Waals surface area contributed by atoms with E-state index in [1.807, 2.05) is 6.20 Å². The molecule has 1 aromatic carbocycles. The number of rotatable bonds is 0. The molecule has 116 valence electrons. The number of fused-ring (bicyclic) bond motifs is 3. The lowest BCUT2D eigenvalue weighted by molar-refractivity contribution is -0.0416. The van der Waals surface area contributed by atoms with Crippen molar-refractivity contribution >= 4 is 11.6 Å². The van der Waals surface area contributed by atoms with Gasteiger partial charge in [-0.1, -0.05) is 24.3 Å². The minimum Gasteiger partial charge on any atom is -0.226 e. The molecule has 0 N–H and O–H groups in total. The van der Waals surface area contributed by atoms with Crippen LogP contribution in [0.5, 0.6) is 0 Å². The maximum Gasteiger partial charge on any atom is 0.222 e. The zero-order chi connectivity index (χ0) is 15.2. The SMILES string of the molecule is Clc1ncc2c(n1)C1(c3ccccc3-2)C2CC3CC(C2)CC1C3. The van der Waals surface area contributed by atoms with Gasteiger partial charge < -0.3 is 0 Å². The number of hydrogen-bond donors (Lipinski definition) is 0. The van der Waals surface area contributed by atoms with Crippen LogP contribution in [-0.4, -0.2) is 9.97 Å². The Balaban J connectivity index is 1.69. The first kappa shape index (κ1) is 12.9. The van der Waals surface area contributed by atoms with Crippen LogP contribution in [-0.2, 0) is 5.41 Å². The summed E-state index contributed by atoms with van der Waals surface area (Å²) in [7, 11) is 0. The highest BCUT2D eigenvalue weighted by Gasteiger charge is 2.62. The molecule has 4 fully saturated rings. The first-order valence-corrected chi connectivity index (χ1v) is 9.27. The van der Waals surface area contributed by atoms with Crippen LogP contribution in [0.25, 0.3) is 11.1 Å². The highest BCUT2D eigenvalue weighted by molar-refractivity contribution is 6.28. The van der Waals surface area contributed by atoms with Crippen molar-refractivity contribution in [3.63, 3.8) is 0 Å². The predicted octanol–water partition coefficient (Wildman–Crippen LogP) is 4.85. The Morgan fingerprint density at radius 1 is 0.913 bits per heavy atom. The van der Waals surface area contributed by atoms with Gasteiger partial charge in [-0.2, -0.15) is 0 Å². The summed E-state index contributed by atoms with van der Waals surface area (Å²) in [6.07, 6.45) is 8.95. The van der Waals surface area contributed by atoms with Gasteiger partial charge in [0.2, 0.25) is 5.28 Å².